The van der Waals surface area contributed by atoms with E-state index in [9.17, 15) is 15.0 Å². The molecule has 2 aromatic rings. The van der Waals surface area contributed by atoms with E-state index in [2.05, 4.69) is 19.1 Å². The molecular formula is C25H32O3. The number of carbonyl (C=O) groups is 1. The quantitative estimate of drug-likeness (QED) is 0.187. The molecule has 28 heavy (non-hydrogen) atoms. The predicted molar refractivity (Wildman–Crippen MR) is 116 cm³/mol. The number of benzene rings is 2. The maximum atomic E-state index is 12.2. The van der Waals surface area contributed by atoms with Crippen molar-refractivity contribution >= 4 is 11.9 Å². The Bertz CT molecular complexity index is 760. The van der Waals surface area contributed by atoms with Crippen LogP contribution in [0.4, 0.5) is 0 Å². The number of unbranched alkanes of at least 4 members (excludes halogenated alkanes) is 7. The second-order valence-corrected chi connectivity index (χ2v) is 7.37. The number of aryl methyl sites for hydroxylation is 1. The molecule has 0 spiro atoms. The van der Waals surface area contributed by atoms with E-state index in [0.717, 1.165) is 12.0 Å². The fourth-order valence-electron chi connectivity index (χ4n) is 3.20. The molecule has 0 radical (unpaired) electrons. The molecule has 3 heteroatoms. The van der Waals surface area contributed by atoms with Crippen LogP contribution in [0.2, 0.25) is 0 Å². The highest BCUT2D eigenvalue weighted by Gasteiger charge is 2.06. The van der Waals surface area contributed by atoms with E-state index in [1.54, 1.807) is 6.08 Å². The number of hydrogen-bond acceptors (Lipinski definition) is 3. The third-order valence-corrected chi connectivity index (χ3v) is 4.99. The summed E-state index contributed by atoms with van der Waals surface area (Å²) in [6.45, 7) is 2.25. The molecule has 0 aliphatic carbocycles. The van der Waals surface area contributed by atoms with Gasteiger partial charge in [-0.05, 0) is 48.2 Å². The highest BCUT2D eigenvalue weighted by Crippen LogP contribution is 2.25. The van der Waals surface area contributed by atoms with Crippen LogP contribution in [-0.2, 0) is 6.42 Å². The van der Waals surface area contributed by atoms with Crippen molar-refractivity contribution in [3.8, 4) is 11.5 Å². The number of carbonyl (C=O) groups excluding carboxylic acids is 1. The summed E-state index contributed by atoms with van der Waals surface area (Å²) in [5, 5.41) is 18.8. The van der Waals surface area contributed by atoms with E-state index in [0.29, 0.717) is 5.56 Å². The van der Waals surface area contributed by atoms with Gasteiger partial charge in [0.1, 0.15) is 0 Å². The van der Waals surface area contributed by atoms with Crippen LogP contribution in [0.25, 0.3) is 6.08 Å². The number of phenols is 2. The first-order chi connectivity index (χ1) is 13.6. The van der Waals surface area contributed by atoms with E-state index in [1.165, 1.54) is 81.2 Å². The van der Waals surface area contributed by atoms with Crippen LogP contribution in [0.15, 0.2) is 48.5 Å². The van der Waals surface area contributed by atoms with Gasteiger partial charge in [0.15, 0.2) is 17.3 Å². The van der Waals surface area contributed by atoms with Gasteiger partial charge >= 0.3 is 0 Å². The second kappa shape index (κ2) is 12.0. The molecule has 0 saturated heterocycles. The lowest BCUT2D eigenvalue weighted by Crippen LogP contribution is -1.93. The maximum absolute atomic E-state index is 12.2. The molecule has 2 N–H and O–H groups in total. The molecule has 2 rings (SSSR count). The van der Waals surface area contributed by atoms with Crippen molar-refractivity contribution in [2.45, 2.75) is 64.7 Å². The van der Waals surface area contributed by atoms with Gasteiger partial charge in [0, 0.05) is 5.56 Å². The van der Waals surface area contributed by atoms with Crippen LogP contribution in [0.3, 0.4) is 0 Å². The lowest BCUT2D eigenvalue weighted by molar-refractivity contribution is 0.104. The van der Waals surface area contributed by atoms with Crippen LogP contribution < -0.4 is 0 Å². The Labute approximate surface area is 168 Å². The van der Waals surface area contributed by atoms with Crippen LogP contribution in [0.1, 0.15) is 79.8 Å². The molecule has 0 aromatic heterocycles. The monoisotopic (exact) mass is 380 g/mol. The summed E-state index contributed by atoms with van der Waals surface area (Å²) in [5.74, 6) is -0.726. The Morgan fingerprint density at radius 3 is 2.11 bits per heavy atom. The number of allylic oxidation sites excluding steroid dienone is 1. The number of hydrogen-bond donors (Lipinski definition) is 2. The van der Waals surface area contributed by atoms with Crippen LogP contribution >= 0.6 is 0 Å². The summed E-state index contributed by atoms with van der Waals surface area (Å²) >= 11 is 0. The van der Waals surface area contributed by atoms with E-state index in [-0.39, 0.29) is 17.3 Å². The Balaban J connectivity index is 1.73. The summed E-state index contributed by atoms with van der Waals surface area (Å²) in [6, 6.07) is 12.4. The van der Waals surface area contributed by atoms with E-state index >= 15 is 0 Å². The number of ketones is 1. The van der Waals surface area contributed by atoms with Crippen LogP contribution in [0.5, 0.6) is 11.5 Å². The normalized spacial score (nSPS) is 11.2. The highest BCUT2D eigenvalue weighted by molar-refractivity contribution is 6.07. The molecular weight excluding hydrogens is 348 g/mol. The molecule has 3 nitrogen and oxygen atoms in total. The third kappa shape index (κ3) is 7.59. The van der Waals surface area contributed by atoms with Gasteiger partial charge in [0.25, 0.3) is 0 Å². The molecule has 0 heterocycles. The standard InChI is InChI=1S/C25H32O3/c1-2-3-4-5-6-7-8-9-10-20-11-13-21(14-12-20)15-17-23(26)22-16-18-24(27)25(28)19-22/h11-19,27-28H,2-10H2,1H3. The number of aromatic hydroxyl groups is 2. The summed E-state index contributed by atoms with van der Waals surface area (Å²) in [4.78, 5) is 12.2. The predicted octanol–water partition coefficient (Wildman–Crippen LogP) is 6.68. The minimum absolute atomic E-state index is 0.210. The zero-order chi connectivity index (χ0) is 20.2. The average Bonchev–Trinajstić information content (AvgIpc) is 2.71. The first-order valence-corrected chi connectivity index (χ1v) is 10.4. The van der Waals surface area contributed by atoms with Crippen LogP contribution in [-0.4, -0.2) is 16.0 Å². The molecule has 150 valence electrons. The maximum Gasteiger partial charge on any atom is 0.185 e. The van der Waals surface area contributed by atoms with Crippen molar-refractivity contribution in [2.75, 3.05) is 0 Å². The smallest absolute Gasteiger partial charge is 0.185 e. The van der Waals surface area contributed by atoms with Gasteiger partial charge in [-0.15, -0.1) is 0 Å². The van der Waals surface area contributed by atoms with Crippen molar-refractivity contribution in [1.82, 2.24) is 0 Å². The third-order valence-electron chi connectivity index (χ3n) is 4.99. The number of rotatable bonds is 12. The fourth-order valence-corrected chi connectivity index (χ4v) is 3.20. The molecule has 0 aliphatic heterocycles. The summed E-state index contributed by atoms with van der Waals surface area (Å²) in [6.07, 6.45) is 15.0. The van der Waals surface area contributed by atoms with Gasteiger partial charge in [-0.25, -0.2) is 0 Å². The van der Waals surface area contributed by atoms with Crippen molar-refractivity contribution in [3.05, 3.63) is 65.2 Å². The zero-order valence-electron chi connectivity index (χ0n) is 16.9. The molecule has 0 bridgehead atoms. The lowest BCUT2D eigenvalue weighted by atomic mass is 10.0. The lowest BCUT2D eigenvalue weighted by Gasteiger charge is -2.03. The summed E-state index contributed by atoms with van der Waals surface area (Å²) in [7, 11) is 0. The van der Waals surface area contributed by atoms with Gasteiger partial charge in [0.05, 0.1) is 0 Å². The molecule has 0 atom stereocenters. The van der Waals surface area contributed by atoms with Gasteiger partial charge in [-0.3, -0.25) is 4.79 Å². The first kappa shape index (κ1) is 21.7. The van der Waals surface area contributed by atoms with Crippen molar-refractivity contribution < 1.29 is 15.0 Å². The largest absolute Gasteiger partial charge is 0.504 e. The average molecular weight is 381 g/mol. The van der Waals surface area contributed by atoms with E-state index < -0.39 is 0 Å². The molecule has 0 saturated carbocycles. The van der Waals surface area contributed by atoms with Crippen molar-refractivity contribution in [2.24, 2.45) is 0 Å². The molecule has 0 aliphatic rings. The Hall–Kier alpha value is -2.55. The van der Waals surface area contributed by atoms with Gasteiger partial charge in [-0.2, -0.15) is 0 Å². The van der Waals surface area contributed by atoms with E-state index in [1.807, 2.05) is 12.1 Å². The van der Waals surface area contributed by atoms with Gasteiger partial charge < -0.3 is 10.2 Å². The number of phenolic OH excluding ortho intramolecular Hbond substituents is 2. The Morgan fingerprint density at radius 2 is 1.46 bits per heavy atom. The van der Waals surface area contributed by atoms with E-state index in [4.69, 9.17) is 0 Å². The molecule has 0 amide bonds. The minimum atomic E-state index is -0.287. The summed E-state index contributed by atoms with van der Waals surface area (Å²) in [5.41, 5.74) is 2.65. The molecule has 0 fully saturated rings. The van der Waals surface area contributed by atoms with Gasteiger partial charge in [0.2, 0.25) is 0 Å². The topological polar surface area (TPSA) is 57.5 Å². The molecule has 2 aromatic carbocycles. The highest BCUT2D eigenvalue weighted by atomic mass is 16.3. The van der Waals surface area contributed by atoms with Gasteiger partial charge in [-0.1, -0.05) is 82.2 Å². The van der Waals surface area contributed by atoms with Crippen molar-refractivity contribution in [1.29, 1.82) is 0 Å². The SMILES string of the molecule is CCCCCCCCCCc1ccc(C=CC(=O)c2ccc(O)c(O)c2)cc1. The second-order valence-electron chi connectivity index (χ2n) is 7.37. The minimum Gasteiger partial charge on any atom is -0.504 e. The first-order valence-electron chi connectivity index (χ1n) is 10.4. The molecule has 0 unspecified atom stereocenters. The fraction of sp³-hybridized carbons (Fsp3) is 0.400. The van der Waals surface area contributed by atoms with Crippen molar-refractivity contribution in [3.63, 3.8) is 0 Å². The summed E-state index contributed by atoms with van der Waals surface area (Å²) < 4.78 is 0. The Kier molecular flexibility index (Phi) is 9.33. The van der Waals surface area contributed by atoms with Crippen LogP contribution in [0, 0.1) is 0 Å². The Morgan fingerprint density at radius 1 is 0.821 bits per heavy atom. The zero-order valence-corrected chi connectivity index (χ0v) is 16.9.